The van der Waals surface area contributed by atoms with Crippen molar-refractivity contribution in [2.75, 3.05) is 4.72 Å². The number of fused-ring (bicyclic) bond motifs is 1. The number of aromatic amines is 1. The molecular formula is C15H13N3O3S. The maximum absolute atomic E-state index is 11.7. The summed E-state index contributed by atoms with van der Waals surface area (Å²) in [6.45, 7) is 0. The van der Waals surface area contributed by atoms with Crippen LogP contribution in [-0.4, -0.2) is 18.6 Å². The van der Waals surface area contributed by atoms with Crippen LogP contribution in [0, 0.1) is 0 Å². The number of nitrogens with one attached hydrogen (secondary N) is 2. The zero-order chi connectivity index (χ0) is 15.5. The molecule has 1 heterocycles. The zero-order valence-corrected chi connectivity index (χ0v) is 12.3. The Balaban J connectivity index is 1.93. The summed E-state index contributed by atoms with van der Waals surface area (Å²) in [5, 5.41) is 8.05. The first kappa shape index (κ1) is 14.3. The second kappa shape index (κ2) is 5.98. The van der Waals surface area contributed by atoms with E-state index in [0.29, 0.717) is 17.5 Å². The van der Waals surface area contributed by atoms with Gasteiger partial charge in [0.05, 0.1) is 11.1 Å². The van der Waals surface area contributed by atoms with Crippen molar-refractivity contribution in [1.29, 1.82) is 0 Å². The Morgan fingerprint density at radius 3 is 2.36 bits per heavy atom. The summed E-state index contributed by atoms with van der Waals surface area (Å²) >= 11 is 0. The van der Waals surface area contributed by atoms with E-state index < -0.39 is 10.9 Å². The van der Waals surface area contributed by atoms with E-state index in [9.17, 15) is 13.2 Å². The summed E-state index contributed by atoms with van der Waals surface area (Å²) in [6.07, 6.45) is 0.543. The molecule has 6 nitrogen and oxygen atoms in total. The Labute approximate surface area is 127 Å². The lowest BCUT2D eigenvalue weighted by Gasteiger charge is -2.06. The molecule has 3 rings (SSSR count). The van der Waals surface area contributed by atoms with Gasteiger partial charge in [-0.1, -0.05) is 30.3 Å². The Bertz CT molecular complexity index is 938. The van der Waals surface area contributed by atoms with Crippen LogP contribution in [-0.2, 0) is 17.3 Å². The fraction of sp³-hybridized carbons (Fsp3) is 0.0667. The quantitative estimate of drug-likeness (QED) is 0.636. The van der Waals surface area contributed by atoms with Crippen molar-refractivity contribution in [3.05, 3.63) is 70.1 Å². The van der Waals surface area contributed by atoms with E-state index in [-0.39, 0.29) is 5.56 Å². The molecule has 0 saturated heterocycles. The first-order valence-corrected chi connectivity index (χ1v) is 7.77. The Hall–Kier alpha value is -2.67. The average Bonchev–Trinajstić information content (AvgIpc) is 2.52. The Morgan fingerprint density at radius 1 is 1.00 bits per heavy atom. The molecule has 3 aromatic rings. The molecule has 0 aliphatic heterocycles. The molecule has 0 saturated carbocycles. The summed E-state index contributed by atoms with van der Waals surface area (Å²) in [5.41, 5.74) is 2.04. The van der Waals surface area contributed by atoms with Gasteiger partial charge in [-0.25, -0.2) is 13.5 Å². The topological polar surface area (TPSA) is 91.9 Å². The fourth-order valence-electron chi connectivity index (χ4n) is 2.30. The van der Waals surface area contributed by atoms with Crippen molar-refractivity contribution in [1.82, 2.24) is 10.2 Å². The van der Waals surface area contributed by atoms with Gasteiger partial charge in [-0.2, -0.15) is 5.10 Å². The molecule has 0 atom stereocenters. The third-order valence-electron chi connectivity index (χ3n) is 3.32. The van der Waals surface area contributed by atoms with E-state index in [1.807, 2.05) is 30.3 Å². The van der Waals surface area contributed by atoms with Crippen molar-refractivity contribution in [3.8, 4) is 0 Å². The van der Waals surface area contributed by atoms with Crippen molar-refractivity contribution < 1.29 is 8.42 Å². The fourth-order valence-corrected chi connectivity index (χ4v) is 2.66. The van der Waals surface area contributed by atoms with Crippen LogP contribution in [0.2, 0.25) is 0 Å². The lowest BCUT2D eigenvalue weighted by Crippen LogP contribution is -2.11. The predicted octanol–water partition coefficient (Wildman–Crippen LogP) is 1.45. The molecule has 22 heavy (non-hydrogen) atoms. The molecule has 1 aromatic heterocycles. The molecule has 0 aliphatic carbocycles. The van der Waals surface area contributed by atoms with Crippen molar-refractivity contribution in [2.24, 2.45) is 0 Å². The van der Waals surface area contributed by atoms with Gasteiger partial charge in [-0.3, -0.25) is 9.52 Å². The molecule has 0 unspecified atom stereocenters. The van der Waals surface area contributed by atoms with E-state index in [1.54, 1.807) is 18.2 Å². The van der Waals surface area contributed by atoms with Crippen LogP contribution in [0.5, 0.6) is 0 Å². The summed E-state index contributed by atoms with van der Waals surface area (Å²) in [5.74, 6) is 0. The minimum absolute atomic E-state index is 0.210. The average molecular weight is 315 g/mol. The van der Waals surface area contributed by atoms with E-state index in [0.717, 1.165) is 16.6 Å². The van der Waals surface area contributed by atoms with Crippen LogP contribution in [0.25, 0.3) is 10.8 Å². The minimum atomic E-state index is -2.66. The number of thiol groups is 1. The number of hydrogen-bond donors (Lipinski definition) is 3. The number of aromatic nitrogens is 2. The Morgan fingerprint density at radius 2 is 1.68 bits per heavy atom. The van der Waals surface area contributed by atoms with Gasteiger partial charge in [-0.05, 0) is 23.8 Å². The maximum atomic E-state index is 11.7. The maximum Gasteiger partial charge on any atom is 0.272 e. The van der Waals surface area contributed by atoms with Gasteiger partial charge in [0.15, 0.2) is 0 Å². The third kappa shape index (κ3) is 2.99. The zero-order valence-electron chi connectivity index (χ0n) is 11.4. The normalized spacial score (nSPS) is 11.0. The van der Waals surface area contributed by atoms with E-state index >= 15 is 0 Å². The molecule has 0 amide bonds. The van der Waals surface area contributed by atoms with Crippen LogP contribution >= 0.6 is 0 Å². The highest BCUT2D eigenvalue weighted by atomic mass is 32.2. The van der Waals surface area contributed by atoms with Crippen LogP contribution in [0.1, 0.15) is 11.3 Å². The molecule has 0 radical (unpaired) electrons. The molecule has 0 bridgehead atoms. The number of H-pyrrole nitrogens is 1. The minimum Gasteiger partial charge on any atom is -0.286 e. The second-order valence-corrected chi connectivity index (χ2v) is 5.53. The Kier molecular flexibility index (Phi) is 3.88. The van der Waals surface area contributed by atoms with Crippen LogP contribution in [0.15, 0.2) is 53.3 Å². The summed E-state index contributed by atoms with van der Waals surface area (Å²) in [7, 11) is -2.66. The summed E-state index contributed by atoms with van der Waals surface area (Å²) in [6, 6.07) is 14.3. The van der Waals surface area contributed by atoms with Gasteiger partial charge >= 0.3 is 0 Å². The van der Waals surface area contributed by atoms with Crippen LogP contribution in [0.4, 0.5) is 5.69 Å². The molecule has 2 aromatic carbocycles. The van der Waals surface area contributed by atoms with Gasteiger partial charge in [0.2, 0.25) is 10.9 Å². The highest BCUT2D eigenvalue weighted by Gasteiger charge is 2.06. The molecule has 112 valence electrons. The summed E-state index contributed by atoms with van der Waals surface area (Å²) < 4.78 is 23.5. The summed E-state index contributed by atoms with van der Waals surface area (Å²) in [4.78, 5) is 11.7. The smallest absolute Gasteiger partial charge is 0.272 e. The lowest BCUT2D eigenvalue weighted by molar-refractivity contribution is 0.619. The molecule has 0 fully saturated rings. The lowest BCUT2D eigenvalue weighted by atomic mass is 10.0. The van der Waals surface area contributed by atoms with Crippen molar-refractivity contribution in [2.45, 2.75) is 6.42 Å². The highest BCUT2D eigenvalue weighted by Crippen LogP contribution is 2.17. The molecule has 0 aliphatic rings. The third-order valence-corrected chi connectivity index (χ3v) is 3.76. The molecular weight excluding hydrogens is 302 g/mol. The molecule has 0 spiro atoms. The number of benzene rings is 2. The monoisotopic (exact) mass is 315 g/mol. The van der Waals surface area contributed by atoms with Crippen LogP contribution in [0.3, 0.4) is 0 Å². The number of rotatable bonds is 4. The standard InChI is InChI=1S/C15H13N3O3S/c19-15-13-4-2-1-3-12(13)14(16-17-15)9-10-5-7-11(8-6-10)18-22(20)21/h1-8,22H,9H2,(H,17,19)(H,18,20,21). The van der Waals surface area contributed by atoms with E-state index in [4.69, 9.17) is 0 Å². The first-order chi connectivity index (χ1) is 10.6. The van der Waals surface area contributed by atoms with E-state index in [1.165, 1.54) is 0 Å². The van der Waals surface area contributed by atoms with Gasteiger partial charge in [0, 0.05) is 17.5 Å². The van der Waals surface area contributed by atoms with Gasteiger partial charge < -0.3 is 0 Å². The SMILES string of the molecule is O=c1[nH]nc(Cc2ccc(N[SH](=O)=O)cc2)c2ccccc12. The van der Waals surface area contributed by atoms with Crippen LogP contribution < -0.4 is 10.3 Å². The largest absolute Gasteiger partial charge is 0.286 e. The number of anilines is 1. The number of nitrogens with zero attached hydrogens (tertiary/aromatic N) is 1. The van der Waals surface area contributed by atoms with Gasteiger partial charge in [0.25, 0.3) is 5.56 Å². The van der Waals surface area contributed by atoms with Gasteiger partial charge in [0.1, 0.15) is 0 Å². The highest BCUT2D eigenvalue weighted by molar-refractivity contribution is 7.73. The van der Waals surface area contributed by atoms with Gasteiger partial charge in [-0.15, -0.1) is 0 Å². The molecule has 7 heteroatoms. The molecule has 2 N–H and O–H groups in total. The van der Waals surface area contributed by atoms with Crippen molar-refractivity contribution in [3.63, 3.8) is 0 Å². The second-order valence-electron chi connectivity index (χ2n) is 4.79. The first-order valence-electron chi connectivity index (χ1n) is 6.60. The predicted molar refractivity (Wildman–Crippen MR) is 85.5 cm³/mol. The van der Waals surface area contributed by atoms with Crippen molar-refractivity contribution >= 4 is 27.4 Å². The number of hydrogen-bond acceptors (Lipinski definition) is 4. The van der Waals surface area contributed by atoms with E-state index in [2.05, 4.69) is 14.9 Å².